The van der Waals surface area contributed by atoms with Crippen LogP contribution in [0.3, 0.4) is 0 Å². The fourth-order valence-electron chi connectivity index (χ4n) is 1.24. The topological polar surface area (TPSA) is 67.4 Å². The summed E-state index contributed by atoms with van der Waals surface area (Å²) in [6.45, 7) is 1.56. The average molecular weight is 254 g/mol. The summed E-state index contributed by atoms with van der Waals surface area (Å²) in [5.74, 6) is -1.13. The Balaban J connectivity index is 2.38. The van der Waals surface area contributed by atoms with Crippen LogP contribution in [0.4, 0.5) is 10.1 Å². The van der Waals surface area contributed by atoms with Gasteiger partial charge in [-0.05, 0) is 31.2 Å². The molecule has 98 valence electrons. The van der Waals surface area contributed by atoms with E-state index in [4.69, 9.17) is 0 Å². The second-order valence-electron chi connectivity index (χ2n) is 3.68. The molecular weight excluding hydrogens is 239 g/mol. The molecule has 0 heterocycles. The van der Waals surface area contributed by atoms with Gasteiger partial charge < -0.3 is 10.1 Å². The van der Waals surface area contributed by atoms with E-state index in [0.29, 0.717) is 5.69 Å². The third kappa shape index (κ3) is 4.50. The van der Waals surface area contributed by atoms with E-state index >= 15 is 0 Å². The van der Waals surface area contributed by atoms with E-state index in [1.54, 1.807) is 6.92 Å². The maximum absolute atomic E-state index is 12.6. The number of carbonyl (C=O) groups is 2. The highest BCUT2D eigenvalue weighted by Gasteiger charge is 2.13. The molecule has 0 spiro atoms. The van der Waals surface area contributed by atoms with Gasteiger partial charge >= 0.3 is 5.97 Å². The molecule has 5 nitrogen and oxygen atoms in total. The Labute approximate surface area is 104 Å². The Morgan fingerprint density at radius 2 is 1.94 bits per heavy atom. The maximum Gasteiger partial charge on any atom is 0.322 e. The Bertz CT molecular complexity index is 420. The van der Waals surface area contributed by atoms with Crippen molar-refractivity contribution >= 4 is 17.6 Å². The number of anilines is 1. The fraction of sp³-hybridized carbons (Fsp3) is 0.333. The van der Waals surface area contributed by atoms with Gasteiger partial charge in [-0.25, -0.2) is 4.39 Å². The third-order valence-corrected chi connectivity index (χ3v) is 2.25. The van der Waals surface area contributed by atoms with Crippen LogP contribution >= 0.6 is 0 Å². The zero-order chi connectivity index (χ0) is 13.5. The number of nitrogens with one attached hydrogen (secondary N) is 2. The maximum atomic E-state index is 12.6. The Kier molecular flexibility index (Phi) is 5.26. The summed E-state index contributed by atoms with van der Waals surface area (Å²) in [5.41, 5.74) is 0.494. The molecule has 0 aromatic heterocycles. The van der Waals surface area contributed by atoms with Gasteiger partial charge in [-0.1, -0.05) is 0 Å². The van der Waals surface area contributed by atoms with Crippen LogP contribution in [0, 0.1) is 5.82 Å². The average Bonchev–Trinajstić information content (AvgIpc) is 2.37. The molecule has 1 atom stereocenters. The number of methoxy groups -OCH3 is 1. The number of hydrogen-bond donors (Lipinski definition) is 2. The predicted molar refractivity (Wildman–Crippen MR) is 64.5 cm³/mol. The quantitative estimate of drug-likeness (QED) is 0.767. The second-order valence-corrected chi connectivity index (χ2v) is 3.68. The molecule has 1 aromatic rings. The Morgan fingerprint density at radius 3 is 2.50 bits per heavy atom. The van der Waals surface area contributed by atoms with Crippen molar-refractivity contribution in [2.24, 2.45) is 0 Å². The molecule has 1 unspecified atom stereocenters. The van der Waals surface area contributed by atoms with Crippen molar-refractivity contribution in [3.8, 4) is 0 Å². The monoisotopic (exact) mass is 254 g/mol. The standard InChI is InChI=1S/C12H15FN2O3/c1-8(12(17)18-2)14-7-11(16)15-10-5-3-9(13)4-6-10/h3-6,8,14H,7H2,1-2H3,(H,15,16). The molecule has 0 saturated carbocycles. The van der Waals surface area contributed by atoms with Gasteiger partial charge in [0.1, 0.15) is 11.9 Å². The highest BCUT2D eigenvalue weighted by atomic mass is 19.1. The molecular formula is C12H15FN2O3. The zero-order valence-electron chi connectivity index (χ0n) is 10.2. The number of rotatable bonds is 5. The molecule has 0 aliphatic heterocycles. The Hall–Kier alpha value is -1.95. The van der Waals surface area contributed by atoms with Gasteiger partial charge in [0, 0.05) is 5.69 Å². The van der Waals surface area contributed by atoms with E-state index < -0.39 is 12.0 Å². The lowest BCUT2D eigenvalue weighted by Crippen LogP contribution is -2.39. The van der Waals surface area contributed by atoms with E-state index in [1.807, 2.05) is 0 Å². The summed E-state index contributed by atoms with van der Waals surface area (Å²) < 4.78 is 17.1. The van der Waals surface area contributed by atoms with E-state index in [0.717, 1.165) is 0 Å². The zero-order valence-corrected chi connectivity index (χ0v) is 10.2. The molecule has 2 N–H and O–H groups in total. The van der Waals surface area contributed by atoms with Crippen LogP contribution in [0.2, 0.25) is 0 Å². The van der Waals surface area contributed by atoms with Crippen LogP contribution in [0.5, 0.6) is 0 Å². The van der Waals surface area contributed by atoms with Crippen molar-refractivity contribution in [3.05, 3.63) is 30.1 Å². The van der Waals surface area contributed by atoms with Gasteiger partial charge in [-0.15, -0.1) is 0 Å². The third-order valence-electron chi connectivity index (χ3n) is 2.25. The van der Waals surface area contributed by atoms with Crippen LogP contribution in [0.1, 0.15) is 6.92 Å². The highest BCUT2D eigenvalue weighted by Crippen LogP contribution is 2.07. The molecule has 0 aliphatic carbocycles. The molecule has 0 saturated heterocycles. The summed E-state index contributed by atoms with van der Waals surface area (Å²) in [4.78, 5) is 22.6. The number of ether oxygens (including phenoxy) is 1. The van der Waals surface area contributed by atoms with Crippen molar-refractivity contribution in [2.75, 3.05) is 19.0 Å². The second kappa shape index (κ2) is 6.70. The molecule has 0 aliphatic rings. The summed E-state index contributed by atoms with van der Waals surface area (Å²) in [5, 5.41) is 5.27. The van der Waals surface area contributed by atoms with Crippen LogP contribution < -0.4 is 10.6 Å². The van der Waals surface area contributed by atoms with Crippen LogP contribution in [-0.2, 0) is 14.3 Å². The van der Waals surface area contributed by atoms with Crippen molar-refractivity contribution < 1.29 is 18.7 Å². The largest absolute Gasteiger partial charge is 0.468 e. The summed E-state index contributed by atoms with van der Waals surface area (Å²) in [6.07, 6.45) is 0. The van der Waals surface area contributed by atoms with E-state index in [1.165, 1.54) is 31.4 Å². The number of carbonyl (C=O) groups excluding carboxylic acids is 2. The van der Waals surface area contributed by atoms with Crippen molar-refractivity contribution in [2.45, 2.75) is 13.0 Å². The van der Waals surface area contributed by atoms with Crippen LogP contribution in [0.25, 0.3) is 0 Å². The van der Waals surface area contributed by atoms with Gasteiger partial charge in [0.05, 0.1) is 13.7 Å². The SMILES string of the molecule is COC(=O)C(C)NCC(=O)Nc1ccc(F)cc1. The molecule has 18 heavy (non-hydrogen) atoms. The summed E-state index contributed by atoms with van der Waals surface area (Å²) >= 11 is 0. The minimum Gasteiger partial charge on any atom is -0.468 e. The smallest absolute Gasteiger partial charge is 0.322 e. The number of hydrogen-bond acceptors (Lipinski definition) is 4. The molecule has 0 bridgehead atoms. The number of amides is 1. The van der Waals surface area contributed by atoms with E-state index in [2.05, 4.69) is 15.4 Å². The number of esters is 1. The molecule has 1 aromatic carbocycles. The van der Waals surface area contributed by atoms with E-state index in [9.17, 15) is 14.0 Å². The number of benzene rings is 1. The van der Waals surface area contributed by atoms with Crippen molar-refractivity contribution in [3.63, 3.8) is 0 Å². The van der Waals surface area contributed by atoms with Crippen LogP contribution in [-0.4, -0.2) is 31.6 Å². The Morgan fingerprint density at radius 1 is 1.33 bits per heavy atom. The van der Waals surface area contributed by atoms with Crippen LogP contribution in [0.15, 0.2) is 24.3 Å². The first kappa shape index (κ1) is 14.1. The number of halogens is 1. The predicted octanol–water partition coefficient (Wildman–Crippen LogP) is 0.915. The summed E-state index contributed by atoms with van der Waals surface area (Å²) in [7, 11) is 1.28. The lowest BCUT2D eigenvalue weighted by molar-refractivity contribution is -0.142. The highest BCUT2D eigenvalue weighted by molar-refractivity contribution is 5.92. The molecule has 0 fully saturated rings. The van der Waals surface area contributed by atoms with Gasteiger partial charge in [-0.3, -0.25) is 14.9 Å². The summed E-state index contributed by atoms with van der Waals surface area (Å²) in [6, 6.07) is 4.85. The minimum absolute atomic E-state index is 0.0341. The van der Waals surface area contributed by atoms with Gasteiger partial charge in [-0.2, -0.15) is 0 Å². The lowest BCUT2D eigenvalue weighted by atomic mass is 10.3. The first-order valence-corrected chi connectivity index (χ1v) is 5.39. The first-order valence-electron chi connectivity index (χ1n) is 5.39. The van der Waals surface area contributed by atoms with Gasteiger partial charge in [0.15, 0.2) is 0 Å². The molecule has 6 heteroatoms. The molecule has 0 radical (unpaired) electrons. The normalized spacial score (nSPS) is 11.7. The fourth-order valence-corrected chi connectivity index (χ4v) is 1.24. The van der Waals surface area contributed by atoms with Crippen molar-refractivity contribution in [1.29, 1.82) is 0 Å². The van der Waals surface area contributed by atoms with E-state index in [-0.39, 0.29) is 18.3 Å². The minimum atomic E-state index is -0.561. The van der Waals surface area contributed by atoms with Gasteiger partial charge in [0.2, 0.25) is 5.91 Å². The lowest BCUT2D eigenvalue weighted by Gasteiger charge is -2.11. The molecule has 1 rings (SSSR count). The van der Waals surface area contributed by atoms with Crippen molar-refractivity contribution in [1.82, 2.24) is 5.32 Å². The molecule has 1 amide bonds. The van der Waals surface area contributed by atoms with Gasteiger partial charge in [0.25, 0.3) is 0 Å². The first-order chi connectivity index (χ1) is 8.52.